The molecule has 55 heavy (non-hydrogen) atoms. The van der Waals surface area contributed by atoms with E-state index in [0.29, 0.717) is 11.1 Å². The number of benzene rings is 3. The topological polar surface area (TPSA) is 92.4 Å². The van der Waals surface area contributed by atoms with Crippen molar-refractivity contribution in [1.82, 2.24) is 4.98 Å². The molecule has 0 saturated carbocycles. The number of carboxylic acid groups (broad SMARTS) is 1. The number of aromatic carboxylic acids is 1. The molecule has 0 unspecified atom stereocenters. The van der Waals surface area contributed by atoms with Crippen molar-refractivity contribution in [1.29, 1.82) is 5.26 Å². The number of nitrogens with zero attached hydrogens (tertiary/aromatic N) is 2. The first-order valence-electron chi connectivity index (χ1n) is 20.0. The van der Waals surface area contributed by atoms with Crippen LogP contribution in [0, 0.1) is 43.9 Å². The molecule has 0 aliphatic carbocycles. The minimum Gasteiger partial charge on any atom is -0.478 e. The van der Waals surface area contributed by atoms with Gasteiger partial charge in [0, 0.05) is 16.6 Å². The summed E-state index contributed by atoms with van der Waals surface area (Å²) in [5, 5.41) is 17.4. The van der Waals surface area contributed by atoms with E-state index in [9.17, 15) is 4.79 Å². The summed E-state index contributed by atoms with van der Waals surface area (Å²) >= 11 is 1.75. The number of thiazole rings is 1. The Labute approximate surface area is 337 Å². The minimum absolute atomic E-state index is 0.355. The maximum atomic E-state index is 10.5. The minimum atomic E-state index is -0.867. The number of hydrogen-bond acceptors (Lipinski definition) is 6. The molecule has 0 fully saturated rings. The summed E-state index contributed by atoms with van der Waals surface area (Å²) in [6.45, 7) is 23.8. The first-order chi connectivity index (χ1) is 26.3. The summed E-state index contributed by atoms with van der Waals surface area (Å²) in [5.41, 5.74) is 8.51. The molecule has 5 rings (SSSR count). The Kier molecular flexibility index (Phi) is 24.8. The third-order valence-corrected chi connectivity index (χ3v) is 9.49. The van der Waals surface area contributed by atoms with Gasteiger partial charge in [0.25, 0.3) is 6.29 Å². The molecule has 0 spiro atoms. The van der Waals surface area contributed by atoms with Crippen LogP contribution in [0.25, 0.3) is 0 Å². The third-order valence-electron chi connectivity index (χ3n) is 8.65. The van der Waals surface area contributed by atoms with Crippen molar-refractivity contribution in [2.24, 2.45) is 11.8 Å². The molecule has 1 N–H and O–H groups in total. The Morgan fingerprint density at radius 3 is 2.00 bits per heavy atom. The van der Waals surface area contributed by atoms with Crippen LogP contribution in [0.4, 0.5) is 0 Å². The van der Waals surface area contributed by atoms with Gasteiger partial charge < -0.3 is 14.6 Å². The highest BCUT2D eigenvalue weighted by Gasteiger charge is 2.26. The van der Waals surface area contributed by atoms with E-state index in [1.165, 1.54) is 68.2 Å². The number of carbonyl (C=O) groups is 1. The molecule has 0 amide bonds. The molecule has 1 aromatic heterocycles. The van der Waals surface area contributed by atoms with Crippen molar-refractivity contribution in [2.75, 3.05) is 0 Å². The lowest BCUT2D eigenvalue weighted by Crippen LogP contribution is -2.09. The zero-order chi connectivity index (χ0) is 41.2. The average Bonchev–Trinajstić information content (AvgIpc) is 3.83. The standard InChI is InChI=1S/C15H11NO2.C9H10O2.C9H18.C8H18.C7H11NS/c1-10-8-11(9-16)6-7-12(10)15-17-13-4-2-3-5-14(13)18-15;1-6-3-4-8(9(10)11)5-7(6)2;1-5-6-9(4)7-8(2)3;1-4-5-6-7-8(2)3;1-2-3-4-7-5-8-6-9-7/h2-8,15H,1H3;3-5H,1-2H3,(H,10,11);6,8H,5,7H2,1-4H3;8H,4-7H2,1-3H3;5-6H,2-4H2,1H3/b;;9-6-;;. The summed E-state index contributed by atoms with van der Waals surface area (Å²) in [6.07, 6.45) is 15.7. The molecule has 300 valence electrons. The lowest BCUT2D eigenvalue weighted by atomic mass is 10.0. The van der Waals surface area contributed by atoms with Crippen molar-refractivity contribution in [3.63, 3.8) is 0 Å². The number of fused-ring (bicyclic) bond motifs is 1. The van der Waals surface area contributed by atoms with Crippen LogP contribution in [-0.2, 0) is 6.42 Å². The molecule has 4 aromatic rings. The predicted molar refractivity (Wildman–Crippen MR) is 232 cm³/mol. The zero-order valence-corrected chi connectivity index (χ0v) is 36.4. The van der Waals surface area contributed by atoms with Gasteiger partial charge in [-0.05, 0) is 124 Å². The molecular formula is C48H68N2O4S. The van der Waals surface area contributed by atoms with E-state index < -0.39 is 12.3 Å². The van der Waals surface area contributed by atoms with E-state index in [0.717, 1.165) is 45.6 Å². The Balaban J connectivity index is 0.000000360. The highest BCUT2D eigenvalue weighted by Crippen LogP contribution is 2.40. The molecule has 0 radical (unpaired) electrons. The number of rotatable bonds is 12. The summed E-state index contributed by atoms with van der Waals surface area (Å²) in [7, 11) is 0. The number of hydrogen-bond donors (Lipinski definition) is 1. The Morgan fingerprint density at radius 2 is 1.53 bits per heavy atom. The fourth-order valence-electron chi connectivity index (χ4n) is 5.51. The van der Waals surface area contributed by atoms with Crippen molar-refractivity contribution < 1.29 is 19.4 Å². The van der Waals surface area contributed by atoms with Crippen molar-refractivity contribution in [3.8, 4) is 17.6 Å². The Hall–Kier alpha value is -4.41. The number of aromatic nitrogens is 1. The normalized spacial score (nSPS) is 11.5. The van der Waals surface area contributed by atoms with Crippen molar-refractivity contribution >= 4 is 17.3 Å². The van der Waals surface area contributed by atoms with Crippen LogP contribution < -0.4 is 9.47 Å². The zero-order valence-electron chi connectivity index (χ0n) is 35.6. The Bertz CT molecular complexity index is 1700. The van der Waals surface area contributed by atoms with Gasteiger partial charge in [0.1, 0.15) is 0 Å². The van der Waals surface area contributed by atoms with Gasteiger partial charge in [0.05, 0.1) is 22.7 Å². The van der Waals surface area contributed by atoms with Crippen LogP contribution in [0.1, 0.15) is 156 Å². The van der Waals surface area contributed by atoms with E-state index in [1.807, 2.05) is 74.9 Å². The summed E-state index contributed by atoms with van der Waals surface area (Å²) in [5.74, 6) is 2.36. The van der Waals surface area contributed by atoms with Gasteiger partial charge in [-0.15, -0.1) is 11.3 Å². The number of para-hydroxylation sites is 2. The molecule has 3 aromatic carbocycles. The van der Waals surface area contributed by atoms with Crippen LogP contribution in [0.5, 0.6) is 11.5 Å². The van der Waals surface area contributed by atoms with Crippen molar-refractivity contribution in [2.45, 2.75) is 140 Å². The second-order valence-electron chi connectivity index (χ2n) is 14.8. The number of allylic oxidation sites excluding steroid dienone is 2. The molecule has 1 aliphatic rings. The predicted octanol–water partition coefficient (Wildman–Crippen LogP) is 14.4. The maximum Gasteiger partial charge on any atom is 0.335 e. The monoisotopic (exact) mass is 768 g/mol. The van der Waals surface area contributed by atoms with Crippen molar-refractivity contribution in [3.05, 3.63) is 122 Å². The smallest absolute Gasteiger partial charge is 0.335 e. The summed E-state index contributed by atoms with van der Waals surface area (Å²) < 4.78 is 11.5. The molecule has 6 nitrogen and oxygen atoms in total. The van der Waals surface area contributed by atoms with Gasteiger partial charge >= 0.3 is 5.97 Å². The molecule has 0 bridgehead atoms. The largest absolute Gasteiger partial charge is 0.478 e. The third kappa shape index (κ3) is 20.7. The van der Waals surface area contributed by atoms with E-state index in [1.54, 1.807) is 29.5 Å². The van der Waals surface area contributed by atoms with Crippen LogP contribution in [0.3, 0.4) is 0 Å². The number of aryl methyl sites for hydroxylation is 4. The van der Waals surface area contributed by atoms with E-state index in [4.69, 9.17) is 19.8 Å². The lowest BCUT2D eigenvalue weighted by molar-refractivity contribution is 0.0481. The molecule has 0 saturated heterocycles. The van der Waals surface area contributed by atoms with E-state index in [-0.39, 0.29) is 0 Å². The molecule has 2 heterocycles. The lowest BCUT2D eigenvalue weighted by Gasteiger charge is -2.13. The second-order valence-corrected chi connectivity index (χ2v) is 15.8. The quantitative estimate of drug-likeness (QED) is 0.114. The van der Waals surface area contributed by atoms with Crippen LogP contribution in [-0.4, -0.2) is 16.1 Å². The Morgan fingerprint density at radius 1 is 0.873 bits per heavy atom. The van der Waals surface area contributed by atoms with E-state index in [2.05, 4.69) is 72.5 Å². The average molecular weight is 769 g/mol. The van der Waals surface area contributed by atoms with Crippen LogP contribution in [0.15, 0.2) is 84.0 Å². The number of ether oxygens (including phenoxy) is 2. The van der Waals surface area contributed by atoms with Gasteiger partial charge in [-0.25, -0.2) is 4.79 Å². The molecule has 0 atom stereocenters. The number of unbranched alkanes of at least 4 members (excludes halogenated alkanes) is 3. The highest BCUT2D eigenvalue weighted by atomic mass is 32.1. The molecule has 7 heteroatoms. The van der Waals surface area contributed by atoms with Crippen LogP contribution in [0.2, 0.25) is 0 Å². The van der Waals surface area contributed by atoms with Gasteiger partial charge in [-0.3, -0.25) is 4.98 Å². The molecule has 1 aliphatic heterocycles. The molecular weight excluding hydrogens is 701 g/mol. The first kappa shape index (κ1) is 48.6. The van der Waals surface area contributed by atoms with Crippen LogP contribution >= 0.6 is 11.3 Å². The number of carboxylic acids is 1. The SMILES string of the molecule is CC/C=C(/C)CC(C)C.CCCCCC(C)C.CCCCc1cncs1.Cc1cc(C#N)ccc1C1Oc2ccccc2O1.Cc1ccc(C(=O)O)cc1C. The highest BCUT2D eigenvalue weighted by molar-refractivity contribution is 7.09. The first-order valence-corrected chi connectivity index (χ1v) is 20.9. The summed E-state index contributed by atoms with van der Waals surface area (Å²) in [6, 6.07) is 20.3. The summed E-state index contributed by atoms with van der Waals surface area (Å²) in [4.78, 5) is 15.9. The van der Waals surface area contributed by atoms with Gasteiger partial charge in [-0.1, -0.05) is 110 Å². The number of nitriles is 1. The fourth-order valence-corrected chi connectivity index (χ4v) is 6.15. The maximum absolute atomic E-state index is 10.5. The second kappa shape index (κ2) is 28.1. The van der Waals surface area contributed by atoms with E-state index >= 15 is 0 Å². The van der Waals surface area contributed by atoms with Gasteiger partial charge in [-0.2, -0.15) is 5.26 Å². The fraction of sp³-hybridized carbons (Fsp3) is 0.479. The van der Waals surface area contributed by atoms with Gasteiger partial charge in [0.15, 0.2) is 11.5 Å². The van der Waals surface area contributed by atoms with Gasteiger partial charge in [0.2, 0.25) is 0 Å².